The number of nitrogens with zero attached hydrogens (tertiary/aromatic N) is 1. The molecule has 1 saturated heterocycles. The second-order valence-corrected chi connectivity index (χ2v) is 6.35. The van der Waals surface area contributed by atoms with Crippen LogP contribution in [0.3, 0.4) is 0 Å². The Labute approximate surface area is 155 Å². The maximum absolute atomic E-state index is 14.4. The molecule has 0 unspecified atom stereocenters. The highest BCUT2D eigenvalue weighted by molar-refractivity contribution is 7.10. The van der Waals surface area contributed by atoms with Crippen LogP contribution in [0, 0.1) is 11.6 Å². The van der Waals surface area contributed by atoms with Crippen LogP contribution in [0.2, 0.25) is 5.02 Å². The molecule has 2 heterocycles. The standard InChI is InChI=1S/C15H15ClF2N2S.2ClH/c16-10-3-4-11(17)13(14(10)18)15(12-2-1-9-21-12)20-7-5-19-6-8-20;;/h1-4,9,15,19H,5-8H2;2*1H/t15-;;/m1../s1. The van der Waals surface area contributed by atoms with Crippen molar-refractivity contribution in [3.8, 4) is 0 Å². The van der Waals surface area contributed by atoms with Gasteiger partial charge in [0.15, 0.2) is 0 Å². The van der Waals surface area contributed by atoms with Gasteiger partial charge in [0.05, 0.1) is 11.1 Å². The Morgan fingerprint density at radius 2 is 1.83 bits per heavy atom. The summed E-state index contributed by atoms with van der Waals surface area (Å²) in [4.78, 5) is 3.03. The van der Waals surface area contributed by atoms with E-state index in [0.717, 1.165) is 31.1 Å². The van der Waals surface area contributed by atoms with E-state index in [4.69, 9.17) is 11.6 Å². The van der Waals surface area contributed by atoms with Crippen molar-refractivity contribution in [2.45, 2.75) is 6.04 Å². The average molecular weight is 402 g/mol. The molecule has 2 aromatic rings. The Morgan fingerprint density at radius 3 is 2.43 bits per heavy atom. The van der Waals surface area contributed by atoms with E-state index in [2.05, 4.69) is 10.2 Å². The first-order valence-corrected chi connectivity index (χ1v) is 8.06. The molecule has 0 saturated carbocycles. The summed E-state index contributed by atoms with van der Waals surface area (Å²) in [6, 6.07) is 5.89. The van der Waals surface area contributed by atoms with Crippen LogP contribution in [0.1, 0.15) is 16.5 Å². The summed E-state index contributed by atoms with van der Waals surface area (Å²) in [6.07, 6.45) is 0. The molecule has 1 fully saturated rings. The van der Waals surface area contributed by atoms with Gasteiger partial charge in [0, 0.05) is 36.6 Å². The molecule has 1 atom stereocenters. The molecule has 8 heteroatoms. The fourth-order valence-corrected chi connectivity index (χ4v) is 3.72. The summed E-state index contributed by atoms with van der Waals surface area (Å²) in [6.45, 7) is 3.11. The molecule has 128 valence electrons. The summed E-state index contributed by atoms with van der Waals surface area (Å²) < 4.78 is 28.7. The van der Waals surface area contributed by atoms with Gasteiger partial charge in [0.1, 0.15) is 11.6 Å². The highest BCUT2D eigenvalue weighted by atomic mass is 35.5. The number of halogens is 5. The van der Waals surface area contributed by atoms with Crippen LogP contribution in [-0.4, -0.2) is 31.1 Å². The van der Waals surface area contributed by atoms with Crippen molar-refractivity contribution >= 4 is 47.8 Å². The topological polar surface area (TPSA) is 15.3 Å². The second kappa shape index (κ2) is 9.16. The zero-order chi connectivity index (χ0) is 14.8. The monoisotopic (exact) mass is 400 g/mol. The molecule has 0 bridgehead atoms. The zero-order valence-corrected chi connectivity index (χ0v) is 15.3. The highest BCUT2D eigenvalue weighted by Gasteiger charge is 2.30. The normalized spacial score (nSPS) is 16.3. The summed E-state index contributed by atoms with van der Waals surface area (Å²) in [5, 5.41) is 5.14. The van der Waals surface area contributed by atoms with Gasteiger partial charge in [-0.1, -0.05) is 17.7 Å². The van der Waals surface area contributed by atoms with Gasteiger partial charge in [-0.25, -0.2) is 8.78 Å². The van der Waals surface area contributed by atoms with E-state index in [9.17, 15) is 8.78 Å². The van der Waals surface area contributed by atoms with E-state index in [1.165, 1.54) is 23.5 Å². The summed E-state index contributed by atoms with van der Waals surface area (Å²) in [7, 11) is 0. The molecule has 1 aromatic carbocycles. The average Bonchev–Trinajstić information content (AvgIpc) is 3.02. The molecule has 2 nitrogen and oxygen atoms in total. The first-order chi connectivity index (χ1) is 10.2. The number of nitrogens with one attached hydrogen (secondary N) is 1. The molecular formula is C15H17Cl3F2N2S. The summed E-state index contributed by atoms with van der Waals surface area (Å²) >= 11 is 7.37. The van der Waals surface area contributed by atoms with Crippen molar-refractivity contribution in [1.82, 2.24) is 10.2 Å². The first-order valence-electron chi connectivity index (χ1n) is 6.80. The van der Waals surface area contributed by atoms with E-state index in [1.54, 1.807) is 0 Å². The lowest BCUT2D eigenvalue weighted by molar-refractivity contribution is 0.194. The minimum absolute atomic E-state index is 0. The highest BCUT2D eigenvalue weighted by Crippen LogP contribution is 2.36. The third-order valence-corrected chi connectivity index (χ3v) is 4.90. The van der Waals surface area contributed by atoms with Crippen molar-refractivity contribution in [2.75, 3.05) is 26.2 Å². The fraction of sp³-hybridized carbons (Fsp3) is 0.333. The third kappa shape index (κ3) is 4.35. The summed E-state index contributed by atoms with van der Waals surface area (Å²) in [5.41, 5.74) is 0.0480. The third-order valence-electron chi connectivity index (χ3n) is 3.68. The molecule has 1 aliphatic heterocycles. The van der Waals surface area contributed by atoms with E-state index >= 15 is 0 Å². The number of hydrogen-bond acceptors (Lipinski definition) is 3. The SMILES string of the molecule is Cl.Cl.Fc1ccc(Cl)c(F)c1[C@@H](c1cccs1)N1CCNCC1. The van der Waals surface area contributed by atoms with E-state index in [0.29, 0.717) is 0 Å². The zero-order valence-electron chi connectivity index (χ0n) is 12.1. The predicted molar refractivity (Wildman–Crippen MR) is 96.5 cm³/mol. The molecule has 23 heavy (non-hydrogen) atoms. The van der Waals surface area contributed by atoms with Crippen molar-refractivity contribution in [2.24, 2.45) is 0 Å². The lowest BCUT2D eigenvalue weighted by Crippen LogP contribution is -2.45. The maximum atomic E-state index is 14.4. The van der Waals surface area contributed by atoms with E-state index in [1.807, 2.05) is 17.5 Å². The number of benzene rings is 1. The molecule has 1 aromatic heterocycles. The molecule has 0 amide bonds. The van der Waals surface area contributed by atoms with Crippen LogP contribution >= 0.6 is 47.8 Å². The van der Waals surface area contributed by atoms with Crippen molar-refractivity contribution in [3.05, 3.63) is 56.7 Å². The van der Waals surface area contributed by atoms with Crippen LogP contribution < -0.4 is 5.32 Å². The van der Waals surface area contributed by atoms with Gasteiger partial charge in [-0.15, -0.1) is 36.2 Å². The molecule has 3 rings (SSSR count). The van der Waals surface area contributed by atoms with Crippen LogP contribution in [0.25, 0.3) is 0 Å². The molecule has 0 aliphatic carbocycles. The second-order valence-electron chi connectivity index (χ2n) is 4.96. The predicted octanol–water partition coefficient (Wildman–Crippen LogP) is 4.52. The Balaban J connectivity index is 0.00000132. The molecular weight excluding hydrogens is 385 g/mol. The van der Waals surface area contributed by atoms with Crippen molar-refractivity contribution in [1.29, 1.82) is 0 Å². The first kappa shape index (κ1) is 20.6. The van der Waals surface area contributed by atoms with Gasteiger partial charge in [0.2, 0.25) is 0 Å². The van der Waals surface area contributed by atoms with Gasteiger partial charge < -0.3 is 5.32 Å². The molecule has 1 aliphatic rings. The summed E-state index contributed by atoms with van der Waals surface area (Å²) in [5.74, 6) is -1.21. The van der Waals surface area contributed by atoms with Gasteiger partial charge in [0.25, 0.3) is 0 Å². The lowest BCUT2D eigenvalue weighted by Gasteiger charge is -2.35. The van der Waals surface area contributed by atoms with Gasteiger partial charge in [-0.05, 0) is 23.6 Å². The molecule has 0 radical (unpaired) electrons. The smallest absolute Gasteiger partial charge is 0.149 e. The molecule has 0 spiro atoms. The van der Waals surface area contributed by atoms with Crippen molar-refractivity contribution in [3.63, 3.8) is 0 Å². The Kier molecular flexibility index (Phi) is 8.21. The fourth-order valence-electron chi connectivity index (χ4n) is 2.69. The van der Waals surface area contributed by atoms with Gasteiger partial charge >= 0.3 is 0 Å². The van der Waals surface area contributed by atoms with Crippen LogP contribution in [0.4, 0.5) is 8.78 Å². The van der Waals surface area contributed by atoms with E-state index < -0.39 is 17.7 Å². The van der Waals surface area contributed by atoms with Gasteiger partial charge in [-0.2, -0.15) is 0 Å². The quantitative estimate of drug-likeness (QED) is 0.761. The maximum Gasteiger partial charge on any atom is 0.149 e. The number of rotatable bonds is 3. The molecule has 1 N–H and O–H groups in total. The minimum Gasteiger partial charge on any atom is -0.314 e. The minimum atomic E-state index is -0.659. The van der Waals surface area contributed by atoms with Crippen LogP contribution in [0.15, 0.2) is 29.6 Å². The van der Waals surface area contributed by atoms with Crippen LogP contribution in [0.5, 0.6) is 0 Å². The van der Waals surface area contributed by atoms with Gasteiger partial charge in [-0.3, -0.25) is 4.90 Å². The Bertz CT molecular complexity index is 619. The Hall–Kier alpha value is -0.430. The van der Waals surface area contributed by atoms with Crippen molar-refractivity contribution < 1.29 is 8.78 Å². The number of thiophene rings is 1. The lowest BCUT2D eigenvalue weighted by atomic mass is 10.0. The van der Waals surface area contributed by atoms with Crippen LogP contribution in [-0.2, 0) is 0 Å². The van der Waals surface area contributed by atoms with E-state index in [-0.39, 0.29) is 35.4 Å². The Morgan fingerprint density at radius 1 is 1.13 bits per heavy atom. The largest absolute Gasteiger partial charge is 0.314 e. The number of hydrogen-bond donors (Lipinski definition) is 1. The number of piperazine rings is 1.